The van der Waals surface area contributed by atoms with Gasteiger partial charge in [0.05, 0.1) is 25.3 Å². The first-order valence-electron chi connectivity index (χ1n) is 8.69. The number of nitrogens with zero attached hydrogens (tertiary/aromatic N) is 2. The van der Waals surface area contributed by atoms with Crippen LogP contribution in [0.3, 0.4) is 0 Å². The van der Waals surface area contributed by atoms with Gasteiger partial charge in [-0.15, -0.1) is 11.8 Å². The molecular weight excluding hydrogens is 364 g/mol. The summed E-state index contributed by atoms with van der Waals surface area (Å²) < 4.78 is 5.35. The number of carbonyl (C=O) groups excluding carboxylic acids is 1. The fourth-order valence-electron chi connectivity index (χ4n) is 2.89. The number of carbonyl (C=O) groups is 2. The van der Waals surface area contributed by atoms with E-state index in [-0.39, 0.29) is 11.6 Å². The summed E-state index contributed by atoms with van der Waals surface area (Å²) >= 11 is 1.65. The molecule has 1 aliphatic heterocycles. The van der Waals surface area contributed by atoms with Crippen LogP contribution in [0.15, 0.2) is 53.4 Å². The quantitative estimate of drug-likeness (QED) is 0.796. The van der Waals surface area contributed by atoms with Crippen molar-refractivity contribution in [2.45, 2.75) is 11.4 Å². The SMILES string of the molecule is CSc1ccc(N(Cc2ccc(C(=O)O)cc2)C(=O)N2CCOCC2)cc1. The molecule has 27 heavy (non-hydrogen) atoms. The Kier molecular flexibility index (Phi) is 6.36. The van der Waals surface area contributed by atoms with Gasteiger partial charge in [0.15, 0.2) is 0 Å². The van der Waals surface area contributed by atoms with Crippen LogP contribution in [-0.4, -0.2) is 54.6 Å². The van der Waals surface area contributed by atoms with Gasteiger partial charge in [0.1, 0.15) is 0 Å². The first-order chi connectivity index (χ1) is 13.1. The summed E-state index contributed by atoms with van der Waals surface area (Å²) in [5.41, 5.74) is 1.91. The molecule has 1 fully saturated rings. The number of hydrogen-bond donors (Lipinski definition) is 1. The summed E-state index contributed by atoms with van der Waals surface area (Å²) in [7, 11) is 0. The molecule has 1 saturated heterocycles. The second-order valence-electron chi connectivity index (χ2n) is 6.17. The number of ether oxygens (including phenoxy) is 1. The molecule has 0 radical (unpaired) electrons. The van der Waals surface area contributed by atoms with E-state index < -0.39 is 5.97 Å². The minimum absolute atomic E-state index is 0.0717. The predicted octanol–water partition coefficient (Wildman–Crippen LogP) is 3.57. The third kappa shape index (κ3) is 4.81. The Bertz CT molecular complexity index is 787. The molecule has 142 valence electrons. The van der Waals surface area contributed by atoms with Crippen LogP contribution in [0.4, 0.5) is 10.5 Å². The Balaban J connectivity index is 1.85. The highest BCUT2D eigenvalue weighted by Crippen LogP contribution is 2.24. The molecule has 2 aromatic carbocycles. The number of carboxylic acids is 1. The summed E-state index contributed by atoms with van der Waals surface area (Å²) in [6, 6.07) is 14.4. The summed E-state index contributed by atoms with van der Waals surface area (Å²) in [6.07, 6.45) is 2.01. The number of amides is 2. The van der Waals surface area contributed by atoms with Crippen molar-refractivity contribution in [3.8, 4) is 0 Å². The van der Waals surface area contributed by atoms with Crippen molar-refractivity contribution < 1.29 is 19.4 Å². The minimum Gasteiger partial charge on any atom is -0.478 e. The number of carboxylic acid groups (broad SMARTS) is 1. The monoisotopic (exact) mass is 386 g/mol. The van der Waals surface area contributed by atoms with Crippen LogP contribution >= 0.6 is 11.8 Å². The van der Waals surface area contributed by atoms with Gasteiger partial charge >= 0.3 is 12.0 Å². The highest BCUT2D eigenvalue weighted by Gasteiger charge is 2.24. The van der Waals surface area contributed by atoms with E-state index in [1.54, 1.807) is 45.8 Å². The highest BCUT2D eigenvalue weighted by molar-refractivity contribution is 7.98. The Morgan fingerprint density at radius 1 is 1.07 bits per heavy atom. The van der Waals surface area contributed by atoms with E-state index in [1.807, 2.05) is 30.5 Å². The van der Waals surface area contributed by atoms with Crippen LogP contribution in [0.5, 0.6) is 0 Å². The number of morpholine rings is 1. The van der Waals surface area contributed by atoms with Gasteiger partial charge < -0.3 is 14.7 Å². The summed E-state index contributed by atoms with van der Waals surface area (Å²) in [4.78, 5) is 28.8. The van der Waals surface area contributed by atoms with E-state index in [1.165, 1.54) is 0 Å². The maximum Gasteiger partial charge on any atom is 0.335 e. The van der Waals surface area contributed by atoms with Crippen LogP contribution in [-0.2, 0) is 11.3 Å². The molecule has 0 aliphatic carbocycles. The molecule has 1 heterocycles. The van der Waals surface area contributed by atoms with Crippen molar-refractivity contribution in [1.29, 1.82) is 0 Å². The molecule has 0 aromatic heterocycles. The van der Waals surface area contributed by atoms with Gasteiger partial charge in [-0.05, 0) is 48.2 Å². The fourth-order valence-corrected chi connectivity index (χ4v) is 3.30. The van der Waals surface area contributed by atoms with Gasteiger partial charge in [0, 0.05) is 23.7 Å². The van der Waals surface area contributed by atoms with E-state index in [0.717, 1.165) is 16.1 Å². The number of benzene rings is 2. The Morgan fingerprint density at radius 2 is 1.70 bits per heavy atom. The molecule has 0 spiro atoms. The lowest BCUT2D eigenvalue weighted by Crippen LogP contribution is -2.48. The van der Waals surface area contributed by atoms with Crippen molar-refractivity contribution in [3.05, 3.63) is 59.7 Å². The summed E-state index contributed by atoms with van der Waals surface area (Å²) in [5.74, 6) is -0.963. The molecule has 3 rings (SSSR count). The standard InChI is InChI=1S/C20H22N2O4S/c1-27-18-8-6-17(7-9-18)22(20(25)21-10-12-26-13-11-21)14-15-2-4-16(5-3-15)19(23)24/h2-9H,10-14H2,1H3,(H,23,24). The van der Waals surface area contributed by atoms with Crippen molar-refractivity contribution in [2.75, 3.05) is 37.5 Å². The second-order valence-corrected chi connectivity index (χ2v) is 7.05. The van der Waals surface area contributed by atoms with Crippen LogP contribution in [0.25, 0.3) is 0 Å². The molecule has 2 amide bonds. The van der Waals surface area contributed by atoms with Gasteiger partial charge in [-0.3, -0.25) is 4.90 Å². The largest absolute Gasteiger partial charge is 0.478 e. The fraction of sp³-hybridized carbons (Fsp3) is 0.300. The minimum atomic E-state index is -0.963. The first-order valence-corrected chi connectivity index (χ1v) is 9.91. The average Bonchev–Trinajstić information content (AvgIpc) is 2.72. The number of urea groups is 1. The molecular formula is C20H22N2O4S. The molecule has 1 aliphatic rings. The van der Waals surface area contributed by atoms with Gasteiger partial charge in [-0.2, -0.15) is 0 Å². The predicted molar refractivity (Wildman–Crippen MR) is 106 cm³/mol. The maximum atomic E-state index is 13.1. The van der Waals surface area contributed by atoms with Crippen molar-refractivity contribution in [2.24, 2.45) is 0 Å². The molecule has 0 saturated carbocycles. The van der Waals surface area contributed by atoms with Crippen LogP contribution in [0.1, 0.15) is 15.9 Å². The third-order valence-corrected chi connectivity index (χ3v) is 5.18. The van der Waals surface area contributed by atoms with Crippen LogP contribution in [0.2, 0.25) is 0 Å². The van der Waals surface area contributed by atoms with Crippen molar-refractivity contribution >= 4 is 29.4 Å². The molecule has 2 aromatic rings. The average molecular weight is 386 g/mol. The van der Waals surface area contributed by atoms with E-state index in [9.17, 15) is 9.59 Å². The Hall–Kier alpha value is -2.51. The zero-order valence-corrected chi connectivity index (χ0v) is 15.9. The zero-order valence-electron chi connectivity index (χ0n) is 15.1. The first kappa shape index (κ1) is 19.3. The number of anilines is 1. The topological polar surface area (TPSA) is 70.1 Å². The smallest absolute Gasteiger partial charge is 0.335 e. The van der Waals surface area contributed by atoms with Crippen molar-refractivity contribution in [3.63, 3.8) is 0 Å². The Morgan fingerprint density at radius 3 is 2.26 bits per heavy atom. The maximum absolute atomic E-state index is 13.1. The summed E-state index contributed by atoms with van der Waals surface area (Å²) in [6.45, 7) is 2.58. The van der Waals surface area contributed by atoms with Gasteiger partial charge in [0.2, 0.25) is 0 Å². The van der Waals surface area contributed by atoms with Crippen LogP contribution in [0, 0.1) is 0 Å². The summed E-state index contributed by atoms with van der Waals surface area (Å²) in [5, 5.41) is 9.06. The lowest BCUT2D eigenvalue weighted by atomic mass is 10.1. The zero-order chi connectivity index (χ0) is 19.2. The van der Waals surface area contributed by atoms with Gasteiger partial charge in [0.25, 0.3) is 0 Å². The van der Waals surface area contributed by atoms with E-state index in [0.29, 0.717) is 32.8 Å². The van der Waals surface area contributed by atoms with E-state index in [2.05, 4.69) is 0 Å². The highest BCUT2D eigenvalue weighted by atomic mass is 32.2. The van der Waals surface area contributed by atoms with Gasteiger partial charge in [-0.1, -0.05) is 12.1 Å². The molecule has 0 unspecified atom stereocenters. The number of rotatable bonds is 5. The van der Waals surface area contributed by atoms with E-state index in [4.69, 9.17) is 9.84 Å². The lowest BCUT2D eigenvalue weighted by Gasteiger charge is -2.33. The molecule has 0 atom stereocenters. The van der Waals surface area contributed by atoms with E-state index >= 15 is 0 Å². The lowest BCUT2D eigenvalue weighted by molar-refractivity contribution is 0.0548. The number of thioether (sulfide) groups is 1. The molecule has 7 heteroatoms. The Labute approximate surface area is 162 Å². The third-order valence-electron chi connectivity index (χ3n) is 4.44. The molecule has 1 N–H and O–H groups in total. The number of hydrogen-bond acceptors (Lipinski definition) is 4. The molecule has 0 bridgehead atoms. The normalized spacial score (nSPS) is 14.0. The van der Waals surface area contributed by atoms with Crippen LogP contribution < -0.4 is 4.90 Å². The molecule has 6 nitrogen and oxygen atoms in total. The second kappa shape index (κ2) is 8.92. The number of aromatic carboxylic acids is 1. The van der Waals surface area contributed by atoms with Crippen molar-refractivity contribution in [1.82, 2.24) is 4.90 Å². The van der Waals surface area contributed by atoms with Gasteiger partial charge in [-0.25, -0.2) is 9.59 Å².